The van der Waals surface area contributed by atoms with Crippen molar-refractivity contribution in [3.8, 4) is 0 Å². The Bertz CT molecular complexity index is 760. The lowest BCUT2D eigenvalue weighted by atomic mass is 9.85. The van der Waals surface area contributed by atoms with Crippen LogP contribution in [0.25, 0.3) is 0 Å². The van der Waals surface area contributed by atoms with Crippen LogP contribution < -0.4 is 0 Å². The van der Waals surface area contributed by atoms with Gasteiger partial charge in [-0.15, -0.1) is 0 Å². The van der Waals surface area contributed by atoms with Crippen LogP contribution in [0.4, 0.5) is 0 Å². The van der Waals surface area contributed by atoms with Gasteiger partial charge in [-0.3, -0.25) is 4.79 Å². The molecule has 2 aromatic heterocycles. The van der Waals surface area contributed by atoms with Crippen LogP contribution in [-0.4, -0.2) is 43.0 Å². The molecule has 2 fully saturated rings. The third-order valence-electron chi connectivity index (χ3n) is 6.28. The van der Waals surface area contributed by atoms with E-state index >= 15 is 0 Å². The first kappa shape index (κ1) is 18.3. The van der Waals surface area contributed by atoms with Crippen LogP contribution in [0.5, 0.6) is 0 Å². The van der Waals surface area contributed by atoms with Crippen LogP contribution in [0.1, 0.15) is 62.5 Å². The van der Waals surface area contributed by atoms with E-state index in [0.717, 1.165) is 57.2 Å². The number of hydrogen-bond acceptors (Lipinski definition) is 3. The average molecular weight is 370 g/mol. The molecule has 2 aromatic rings. The highest BCUT2D eigenvalue weighted by molar-refractivity contribution is 5.76. The monoisotopic (exact) mass is 369 g/mol. The quantitative estimate of drug-likeness (QED) is 0.752. The fourth-order valence-electron chi connectivity index (χ4n) is 4.40. The summed E-state index contributed by atoms with van der Waals surface area (Å²) in [6, 6.07) is 0. The Hall–Kier alpha value is -2.11. The number of carbonyl (C=O) groups excluding carboxylic acids is 1. The van der Waals surface area contributed by atoms with E-state index in [1.165, 1.54) is 25.1 Å². The van der Waals surface area contributed by atoms with E-state index in [9.17, 15) is 4.79 Å². The second kappa shape index (κ2) is 8.28. The molecule has 0 spiro atoms. The molecule has 27 heavy (non-hydrogen) atoms. The molecule has 0 bridgehead atoms. The van der Waals surface area contributed by atoms with Gasteiger partial charge in [-0.2, -0.15) is 0 Å². The van der Waals surface area contributed by atoms with Crippen LogP contribution in [0.15, 0.2) is 24.8 Å². The molecule has 1 saturated heterocycles. The molecule has 0 radical (unpaired) electrons. The number of hydrogen-bond donors (Lipinski definition) is 0. The van der Waals surface area contributed by atoms with E-state index in [1.807, 2.05) is 25.5 Å². The number of aryl methyl sites for hydroxylation is 2. The number of aromatic nitrogens is 4. The molecule has 1 aliphatic heterocycles. The maximum Gasteiger partial charge on any atom is 0.222 e. The molecule has 3 heterocycles. The summed E-state index contributed by atoms with van der Waals surface area (Å²) in [5.74, 6) is 3.70. The molecule has 6 nitrogen and oxygen atoms in total. The number of nitrogens with zero attached hydrogens (tertiary/aromatic N) is 5. The van der Waals surface area contributed by atoms with Gasteiger partial charge in [0.2, 0.25) is 5.91 Å². The summed E-state index contributed by atoms with van der Waals surface area (Å²) in [6.07, 6.45) is 15.6. The van der Waals surface area contributed by atoms with Crippen molar-refractivity contribution in [2.45, 2.75) is 70.9 Å². The minimum absolute atomic E-state index is 0.287. The van der Waals surface area contributed by atoms with Crippen molar-refractivity contribution in [2.75, 3.05) is 13.1 Å². The molecule has 1 saturated carbocycles. The van der Waals surface area contributed by atoms with Crippen molar-refractivity contribution < 1.29 is 4.79 Å². The largest absolute Gasteiger partial charge is 0.342 e. The van der Waals surface area contributed by atoms with Gasteiger partial charge in [0.15, 0.2) is 0 Å². The van der Waals surface area contributed by atoms with E-state index < -0.39 is 0 Å². The maximum atomic E-state index is 12.7. The summed E-state index contributed by atoms with van der Waals surface area (Å²) in [6.45, 7) is 5.68. The molecule has 2 aliphatic rings. The number of piperidine rings is 1. The van der Waals surface area contributed by atoms with Gasteiger partial charge in [0, 0.05) is 63.3 Å². The molecular weight excluding hydrogens is 338 g/mol. The lowest BCUT2D eigenvalue weighted by Gasteiger charge is -2.34. The van der Waals surface area contributed by atoms with Gasteiger partial charge in [-0.05, 0) is 44.9 Å². The SMILES string of the molecule is Cc1nccn1CCCC(=O)N1CCC[C@H](c2nccn2CC2CCC2)C1. The predicted molar refractivity (Wildman–Crippen MR) is 104 cm³/mol. The van der Waals surface area contributed by atoms with E-state index in [2.05, 4.69) is 30.2 Å². The molecule has 146 valence electrons. The van der Waals surface area contributed by atoms with Crippen LogP contribution in [0, 0.1) is 12.8 Å². The standard InChI is InChI=1S/C21H31N5O/c1-17-22-9-13-24(17)11-4-8-20(27)25-12-3-7-19(16-25)21-23-10-14-26(21)15-18-5-2-6-18/h9-10,13-14,18-19H,2-8,11-12,15-16H2,1H3/t19-/m0/s1. The van der Waals surface area contributed by atoms with Crippen molar-refractivity contribution in [2.24, 2.45) is 5.92 Å². The highest BCUT2D eigenvalue weighted by Crippen LogP contribution is 2.31. The minimum atomic E-state index is 0.287. The van der Waals surface area contributed by atoms with E-state index in [4.69, 9.17) is 0 Å². The first-order valence-electron chi connectivity index (χ1n) is 10.5. The number of rotatable bonds is 7. The highest BCUT2D eigenvalue weighted by Gasteiger charge is 2.28. The van der Waals surface area contributed by atoms with Crippen LogP contribution in [0.2, 0.25) is 0 Å². The second-order valence-electron chi connectivity index (χ2n) is 8.19. The van der Waals surface area contributed by atoms with Gasteiger partial charge in [-0.1, -0.05) is 6.42 Å². The Morgan fingerprint density at radius 3 is 2.67 bits per heavy atom. The second-order valence-corrected chi connectivity index (χ2v) is 8.19. The molecule has 0 aromatic carbocycles. The summed E-state index contributed by atoms with van der Waals surface area (Å²) in [5, 5.41) is 0. The van der Waals surface area contributed by atoms with Gasteiger partial charge in [0.25, 0.3) is 0 Å². The van der Waals surface area contributed by atoms with Gasteiger partial charge in [0.05, 0.1) is 0 Å². The van der Waals surface area contributed by atoms with Crippen LogP contribution >= 0.6 is 0 Å². The summed E-state index contributed by atoms with van der Waals surface area (Å²) >= 11 is 0. The summed E-state index contributed by atoms with van der Waals surface area (Å²) in [7, 11) is 0. The zero-order valence-corrected chi connectivity index (χ0v) is 16.4. The zero-order valence-electron chi connectivity index (χ0n) is 16.4. The van der Waals surface area contributed by atoms with Gasteiger partial charge in [0.1, 0.15) is 11.6 Å². The number of carbonyl (C=O) groups is 1. The topological polar surface area (TPSA) is 56.0 Å². The molecule has 1 amide bonds. The Balaban J connectivity index is 1.30. The van der Waals surface area contributed by atoms with Crippen LogP contribution in [-0.2, 0) is 17.9 Å². The third-order valence-corrected chi connectivity index (χ3v) is 6.28. The minimum Gasteiger partial charge on any atom is -0.342 e. The first-order valence-corrected chi connectivity index (χ1v) is 10.5. The van der Waals surface area contributed by atoms with E-state index in [0.29, 0.717) is 12.3 Å². The van der Waals surface area contributed by atoms with Gasteiger partial charge in [-0.25, -0.2) is 9.97 Å². The van der Waals surface area contributed by atoms with Crippen molar-refractivity contribution in [3.05, 3.63) is 36.4 Å². The highest BCUT2D eigenvalue weighted by atomic mass is 16.2. The zero-order chi connectivity index (χ0) is 18.6. The van der Waals surface area contributed by atoms with Crippen molar-refractivity contribution >= 4 is 5.91 Å². The van der Waals surface area contributed by atoms with Crippen LogP contribution in [0.3, 0.4) is 0 Å². The lowest BCUT2D eigenvalue weighted by Crippen LogP contribution is -2.40. The molecular formula is C21H31N5O. The Labute approximate surface area is 161 Å². The predicted octanol–water partition coefficient (Wildman–Crippen LogP) is 3.37. The smallest absolute Gasteiger partial charge is 0.222 e. The van der Waals surface area contributed by atoms with E-state index in [-0.39, 0.29) is 5.91 Å². The molecule has 0 N–H and O–H groups in total. The molecule has 1 atom stereocenters. The van der Waals surface area contributed by atoms with Crippen molar-refractivity contribution in [1.82, 2.24) is 24.0 Å². The Morgan fingerprint density at radius 2 is 1.93 bits per heavy atom. The molecule has 1 aliphatic carbocycles. The Kier molecular flexibility index (Phi) is 5.60. The fourth-order valence-corrected chi connectivity index (χ4v) is 4.40. The van der Waals surface area contributed by atoms with Gasteiger partial charge >= 0.3 is 0 Å². The number of imidazole rings is 2. The summed E-state index contributed by atoms with van der Waals surface area (Å²) in [4.78, 5) is 23.7. The molecule has 4 rings (SSSR count). The third kappa shape index (κ3) is 4.25. The molecule has 6 heteroatoms. The number of likely N-dealkylation sites (tertiary alicyclic amines) is 1. The summed E-state index contributed by atoms with van der Waals surface area (Å²) in [5.41, 5.74) is 0. The summed E-state index contributed by atoms with van der Waals surface area (Å²) < 4.78 is 4.47. The lowest BCUT2D eigenvalue weighted by molar-refractivity contribution is -0.132. The number of amides is 1. The van der Waals surface area contributed by atoms with E-state index in [1.54, 1.807) is 0 Å². The van der Waals surface area contributed by atoms with Gasteiger partial charge < -0.3 is 14.0 Å². The van der Waals surface area contributed by atoms with Crippen molar-refractivity contribution in [1.29, 1.82) is 0 Å². The fraction of sp³-hybridized carbons (Fsp3) is 0.667. The molecule has 0 unspecified atom stereocenters. The average Bonchev–Trinajstić information content (AvgIpc) is 3.27. The maximum absolute atomic E-state index is 12.7. The van der Waals surface area contributed by atoms with Crippen molar-refractivity contribution in [3.63, 3.8) is 0 Å². The normalized spacial score (nSPS) is 20.6. The first-order chi connectivity index (χ1) is 13.2. The Morgan fingerprint density at radius 1 is 1.11 bits per heavy atom.